The van der Waals surface area contributed by atoms with Crippen LogP contribution in [0.1, 0.15) is 15.9 Å². The largest absolute Gasteiger partial charge is 0.477 e. The quantitative estimate of drug-likeness (QED) is 0.747. The van der Waals surface area contributed by atoms with Gasteiger partial charge in [-0.3, -0.25) is 4.79 Å². The van der Waals surface area contributed by atoms with E-state index < -0.39 is 6.10 Å². The number of hydrogen-bond donors (Lipinski definition) is 0. The Morgan fingerprint density at radius 1 is 1.00 bits per heavy atom. The first-order chi connectivity index (χ1) is 8.77. The molecule has 0 fully saturated rings. The van der Waals surface area contributed by atoms with Gasteiger partial charge in [0.15, 0.2) is 6.10 Å². The average Bonchev–Trinajstić information content (AvgIpc) is 2.77. The van der Waals surface area contributed by atoms with Crippen LogP contribution in [0.5, 0.6) is 5.75 Å². The number of hydrogen-bond acceptors (Lipinski definition) is 2. The molecule has 0 aromatic heterocycles. The first kappa shape index (κ1) is 10.8. The lowest BCUT2D eigenvalue weighted by molar-refractivity contribution is 0.0875. The van der Waals surface area contributed by atoms with E-state index >= 15 is 0 Å². The molecule has 0 N–H and O–H groups in total. The first-order valence-electron chi connectivity index (χ1n) is 5.81. The van der Waals surface area contributed by atoms with Gasteiger partial charge in [0.05, 0.1) is 0 Å². The lowest BCUT2D eigenvalue weighted by Gasteiger charge is -2.10. The zero-order valence-corrected chi connectivity index (χ0v) is 9.80. The van der Waals surface area contributed by atoms with Crippen molar-refractivity contribution in [3.05, 3.63) is 72.3 Å². The van der Waals surface area contributed by atoms with Crippen LogP contribution in [-0.2, 0) is 0 Å². The van der Waals surface area contributed by atoms with Crippen LogP contribution in [0.3, 0.4) is 0 Å². The third kappa shape index (κ3) is 1.63. The van der Waals surface area contributed by atoms with Crippen molar-refractivity contribution in [2.75, 3.05) is 0 Å². The monoisotopic (exact) mass is 236 g/mol. The van der Waals surface area contributed by atoms with E-state index in [9.17, 15) is 4.79 Å². The summed E-state index contributed by atoms with van der Waals surface area (Å²) >= 11 is 0. The van der Waals surface area contributed by atoms with Gasteiger partial charge >= 0.3 is 0 Å². The molecule has 2 aromatic rings. The molecule has 18 heavy (non-hydrogen) atoms. The maximum Gasteiger partial charge on any atom is 0.207 e. The minimum atomic E-state index is -0.593. The van der Waals surface area contributed by atoms with Crippen molar-refractivity contribution in [2.24, 2.45) is 0 Å². The van der Waals surface area contributed by atoms with Crippen molar-refractivity contribution in [3.8, 4) is 5.75 Å². The lowest BCUT2D eigenvalue weighted by atomic mass is 9.98. The Kier molecular flexibility index (Phi) is 2.49. The molecule has 88 valence electrons. The van der Waals surface area contributed by atoms with Crippen LogP contribution < -0.4 is 4.74 Å². The van der Waals surface area contributed by atoms with Crippen molar-refractivity contribution in [2.45, 2.75) is 6.10 Å². The third-order valence-corrected chi connectivity index (χ3v) is 3.09. The number of para-hydroxylation sites is 1. The first-order valence-corrected chi connectivity index (χ1v) is 5.81. The smallest absolute Gasteiger partial charge is 0.207 e. The topological polar surface area (TPSA) is 26.3 Å². The third-order valence-electron chi connectivity index (χ3n) is 3.09. The summed E-state index contributed by atoms with van der Waals surface area (Å²) in [6.07, 6.45) is -0.593. The van der Waals surface area contributed by atoms with Crippen molar-refractivity contribution in [3.63, 3.8) is 0 Å². The molecular weight excluding hydrogens is 224 g/mol. The van der Waals surface area contributed by atoms with Gasteiger partial charge in [-0.25, -0.2) is 0 Å². The number of ketones is 1. The molecule has 2 heteroatoms. The Hall–Kier alpha value is -2.35. The van der Waals surface area contributed by atoms with Gasteiger partial charge in [-0.15, -0.1) is 0 Å². The van der Waals surface area contributed by atoms with E-state index in [0.29, 0.717) is 5.56 Å². The average molecular weight is 236 g/mol. The van der Waals surface area contributed by atoms with Gasteiger partial charge in [0, 0.05) is 16.7 Å². The summed E-state index contributed by atoms with van der Waals surface area (Å²) in [5.41, 5.74) is 2.31. The zero-order chi connectivity index (χ0) is 12.5. The SMILES string of the molecule is C=C1c2ccccc2OC1C(=O)c1ccccc1. The van der Waals surface area contributed by atoms with E-state index in [1.807, 2.05) is 42.5 Å². The molecule has 1 heterocycles. The molecule has 2 nitrogen and oxygen atoms in total. The summed E-state index contributed by atoms with van der Waals surface area (Å²) in [5.74, 6) is 0.689. The standard InChI is InChI=1S/C16H12O2/c1-11-13-9-5-6-10-14(13)18-16(11)15(17)12-7-3-2-4-8-12/h2-10,16H,1H2. The molecule has 2 aromatic carbocycles. The molecule has 1 aliphatic rings. The fraction of sp³-hybridized carbons (Fsp3) is 0.0625. The molecule has 0 saturated carbocycles. The highest BCUT2D eigenvalue weighted by Gasteiger charge is 2.32. The second kappa shape index (κ2) is 4.15. The summed E-state index contributed by atoms with van der Waals surface area (Å²) < 4.78 is 5.69. The normalized spacial score (nSPS) is 17.1. The number of carbonyl (C=O) groups excluding carboxylic acids is 1. The van der Waals surface area contributed by atoms with Crippen molar-refractivity contribution in [1.82, 2.24) is 0 Å². The Bertz CT molecular complexity index is 614. The molecule has 0 radical (unpaired) electrons. The molecule has 1 unspecified atom stereocenters. The number of ether oxygens (including phenoxy) is 1. The molecule has 1 aliphatic heterocycles. The van der Waals surface area contributed by atoms with Gasteiger partial charge in [0.1, 0.15) is 5.75 Å². The van der Waals surface area contributed by atoms with Crippen molar-refractivity contribution < 1.29 is 9.53 Å². The number of Topliss-reactive ketones (excluding diaryl/α,β-unsaturated/α-hetero) is 1. The lowest BCUT2D eigenvalue weighted by Crippen LogP contribution is -2.24. The van der Waals surface area contributed by atoms with Crippen LogP contribution in [0, 0.1) is 0 Å². The number of benzene rings is 2. The van der Waals surface area contributed by atoms with Gasteiger partial charge in [0.2, 0.25) is 5.78 Å². The van der Waals surface area contributed by atoms with E-state index in [1.165, 1.54) is 0 Å². The maximum absolute atomic E-state index is 12.3. The molecule has 0 amide bonds. The van der Waals surface area contributed by atoms with Crippen LogP contribution in [0.15, 0.2) is 61.2 Å². The number of fused-ring (bicyclic) bond motifs is 1. The highest BCUT2D eigenvalue weighted by molar-refractivity contribution is 6.08. The van der Waals surface area contributed by atoms with Gasteiger partial charge in [-0.2, -0.15) is 0 Å². The van der Waals surface area contributed by atoms with E-state index in [1.54, 1.807) is 12.1 Å². The van der Waals surface area contributed by atoms with E-state index in [4.69, 9.17) is 4.74 Å². The molecule has 0 aliphatic carbocycles. The number of rotatable bonds is 2. The molecule has 1 atom stereocenters. The molecule has 0 bridgehead atoms. The predicted molar refractivity (Wildman–Crippen MR) is 70.7 cm³/mol. The summed E-state index contributed by atoms with van der Waals surface area (Å²) in [6.45, 7) is 3.98. The molecular formula is C16H12O2. The second-order valence-corrected chi connectivity index (χ2v) is 4.25. The Balaban J connectivity index is 1.94. The summed E-state index contributed by atoms with van der Waals surface area (Å²) in [6, 6.07) is 16.8. The molecule has 0 saturated heterocycles. The van der Waals surface area contributed by atoms with E-state index in [-0.39, 0.29) is 5.78 Å². The van der Waals surface area contributed by atoms with Crippen LogP contribution in [0.2, 0.25) is 0 Å². The highest BCUT2D eigenvalue weighted by Crippen LogP contribution is 2.37. The number of carbonyl (C=O) groups is 1. The van der Waals surface area contributed by atoms with Crippen LogP contribution in [0.25, 0.3) is 5.57 Å². The minimum absolute atomic E-state index is 0.0446. The molecule has 0 spiro atoms. The maximum atomic E-state index is 12.3. The van der Waals surface area contributed by atoms with Crippen LogP contribution in [-0.4, -0.2) is 11.9 Å². The second-order valence-electron chi connectivity index (χ2n) is 4.25. The summed E-state index contributed by atoms with van der Waals surface area (Å²) in [7, 11) is 0. The van der Waals surface area contributed by atoms with Crippen LogP contribution in [0.4, 0.5) is 0 Å². The van der Waals surface area contributed by atoms with Crippen molar-refractivity contribution >= 4 is 11.4 Å². The Labute approximate surface area is 106 Å². The van der Waals surface area contributed by atoms with E-state index in [2.05, 4.69) is 6.58 Å². The fourth-order valence-electron chi connectivity index (χ4n) is 2.14. The van der Waals surface area contributed by atoms with Crippen molar-refractivity contribution in [1.29, 1.82) is 0 Å². The zero-order valence-electron chi connectivity index (χ0n) is 9.80. The highest BCUT2D eigenvalue weighted by atomic mass is 16.5. The Morgan fingerprint density at radius 3 is 2.39 bits per heavy atom. The minimum Gasteiger partial charge on any atom is -0.477 e. The summed E-state index contributed by atoms with van der Waals surface area (Å²) in [4.78, 5) is 12.3. The van der Waals surface area contributed by atoms with Gasteiger partial charge in [-0.05, 0) is 6.07 Å². The van der Waals surface area contributed by atoms with E-state index in [0.717, 1.165) is 16.9 Å². The fourth-order valence-corrected chi connectivity index (χ4v) is 2.14. The Morgan fingerprint density at radius 2 is 1.67 bits per heavy atom. The van der Waals surface area contributed by atoms with Gasteiger partial charge in [0.25, 0.3) is 0 Å². The molecule has 3 rings (SSSR count). The van der Waals surface area contributed by atoms with Gasteiger partial charge in [-0.1, -0.05) is 55.1 Å². The van der Waals surface area contributed by atoms with Gasteiger partial charge < -0.3 is 4.74 Å². The summed E-state index contributed by atoms with van der Waals surface area (Å²) in [5, 5.41) is 0. The predicted octanol–water partition coefficient (Wildman–Crippen LogP) is 3.34. The van der Waals surface area contributed by atoms with Crippen LogP contribution >= 0.6 is 0 Å².